The molecule has 0 radical (unpaired) electrons. The van der Waals surface area contributed by atoms with Gasteiger partial charge in [-0.05, 0) is 119 Å². The third kappa shape index (κ3) is 27.5. The van der Waals surface area contributed by atoms with Crippen molar-refractivity contribution >= 4 is 94.5 Å². The van der Waals surface area contributed by atoms with Gasteiger partial charge >= 0.3 is 0 Å². The Balaban J connectivity index is 1.56. The average molecular weight is 1350 g/mol. The molecule has 0 aliphatic carbocycles. The molecule has 10 atom stereocenters. The molecule has 0 spiro atoms. The third-order valence-corrected chi connectivity index (χ3v) is 16.7. The van der Waals surface area contributed by atoms with Gasteiger partial charge in [-0.3, -0.25) is 67.3 Å². The van der Waals surface area contributed by atoms with E-state index in [0.29, 0.717) is 55.4 Å². The number of nitrogens with zero attached hydrogens (tertiary/aromatic N) is 3. The van der Waals surface area contributed by atoms with Gasteiger partial charge in [-0.2, -0.15) is 11.8 Å². The fourth-order valence-corrected chi connectivity index (χ4v) is 11.5. The summed E-state index contributed by atoms with van der Waals surface area (Å²) in [6.07, 6.45) is 3.12. The summed E-state index contributed by atoms with van der Waals surface area (Å²) in [5.41, 5.74) is 40.6. The van der Waals surface area contributed by atoms with Crippen molar-refractivity contribution in [2.24, 2.45) is 51.0 Å². The van der Waals surface area contributed by atoms with Crippen LogP contribution in [0.2, 0.25) is 0 Å². The number of thioether (sulfide) groups is 1. The minimum Gasteiger partial charge on any atom is -0.370 e. The molecule has 32 heteroatoms. The number of carbonyl (C=O) groups excluding carboxylic acids is 13. The molecule has 95 heavy (non-hydrogen) atoms. The Morgan fingerprint density at radius 3 is 1.51 bits per heavy atom. The SMILES string of the molecule is CSCC[C@H](NC(=O)[C@@H](CC(C)C)NC(=O)CNC(=O)[C@H](Cc1ccccc1)NC(=O)[C@@H](Cc1ccccc1)NC(=O)[C@H](CCC(N)=O)NC(=O)[C@@H](CCC(N)=O)NC(=O)[C@@H]1CCCN1C(=O)[C@@H](CCCCN)NC(=O)[C@@H]1CCCN1C(=O)[C@H](N)CCCN=C(N)N)C(N)=O. The van der Waals surface area contributed by atoms with E-state index in [9.17, 15) is 62.3 Å². The number of hydrogen-bond donors (Lipinski definition) is 15. The summed E-state index contributed by atoms with van der Waals surface area (Å²) < 4.78 is 0. The van der Waals surface area contributed by atoms with Crippen molar-refractivity contribution in [3.8, 4) is 0 Å². The second-order valence-electron chi connectivity index (χ2n) is 24.1. The van der Waals surface area contributed by atoms with Gasteiger partial charge in [-0.25, -0.2) is 0 Å². The van der Waals surface area contributed by atoms with Gasteiger partial charge in [-0.1, -0.05) is 74.5 Å². The molecule has 0 bridgehead atoms. The van der Waals surface area contributed by atoms with Gasteiger partial charge in [0.05, 0.1) is 12.6 Å². The Morgan fingerprint density at radius 2 is 1.01 bits per heavy atom. The maximum atomic E-state index is 14.7. The van der Waals surface area contributed by atoms with Crippen LogP contribution in [-0.4, -0.2) is 198 Å². The first-order chi connectivity index (χ1) is 45.2. The molecule has 2 aliphatic heterocycles. The van der Waals surface area contributed by atoms with Crippen LogP contribution in [0.3, 0.4) is 0 Å². The fourth-order valence-electron chi connectivity index (χ4n) is 11.0. The summed E-state index contributed by atoms with van der Waals surface area (Å²) in [5.74, 6) is -9.80. The second-order valence-corrected chi connectivity index (χ2v) is 25.1. The standard InChI is InChI=1S/C63H98N18O13S/c1-37(2)33-45(57(89)74-41(53(68)85)27-32-95-3)73-52(84)36-72-54(86)46(34-38-15-6-4-7-16-38)78-58(90)47(35-39-17-8-5-9-18-39)79-56(88)42(23-25-50(66)82)75-55(87)43(24-26-51(67)83)76-59(91)49-22-14-31-81(49)62(94)44(20-10-11-28-64)77-60(92)48-21-13-30-80(48)61(93)40(65)19-12-29-71-63(69)70/h4-9,15-18,37,40-49H,10-14,19-36,64-65H2,1-3H3,(H2,66,82)(H2,67,83)(H2,68,85)(H,72,86)(H,73,84)(H,74,89)(H,75,87)(H,76,91)(H,77,92)(H,78,90)(H,79,88)(H4,69,70,71)/t40-,41+,42+,43-,44-,45-,46+,47-,48+,49+/m1/s1. The predicted molar refractivity (Wildman–Crippen MR) is 356 cm³/mol. The van der Waals surface area contributed by atoms with Crippen LogP contribution in [0.15, 0.2) is 65.7 Å². The van der Waals surface area contributed by atoms with Crippen LogP contribution in [0, 0.1) is 5.92 Å². The van der Waals surface area contributed by atoms with Crippen molar-refractivity contribution in [3.63, 3.8) is 0 Å². The first-order valence-corrected chi connectivity index (χ1v) is 33.6. The zero-order valence-corrected chi connectivity index (χ0v) is 55.3. The maximum Gasteiger partial charge on any atom is 0.245 e. The number of amides is 13. The smallest absolute Gasteiger partial charge is 0.245 e. The Kier molecular flexibility index (Phi) is 33.9. The number of nitrogens with two attached hydrogens (primary N) is 7. The monoisotopic (exact) mass is 1350 g/mol. The highest BCUT2D eigenvalue weighted by atomic mass is 32.2. The molecule has 2 aromatic rings. The number of nitrogens with one attached hydrogen (secondary N) is 8. The first-order valence-electron chi connectivity index (χ1n) is 32.2. The van der Waals surface area contributed by atoms with E-state index in [2.05, 4.69) is 47.5 Å². The number of aliphatic imine (C=N–C) groups is 1. The molecule has 0 aromatic heterocycles. The molecule has 13 amide bonds. The number of unbranched alkanes of at least 4 members (excludes halogenated alkanes) is 1. The molecule has 2 saturated heterocycles. The number of hydrogen-bond acceptors (Lipinski definition) is 17. The topological polar surface area (TPSA) is 519 Å². The van der Waals surface area contributed by atoms with Crippen molar-refractivity contribution in [3.05, 3.63) is 71.8 Å². The van der Waals surface area contributed by atoms with E-state index in [0.717, 1.165) is 0 Å². The number of carbonyl (C=O) groups is 13. The summed E-state index contributed by atoms with van der Waals surface area (Å²) in [4.78, 5) is 185. The summed E-state index contributed by atoms with van der Waals surface area (Å²) in [6, 6.07) is 4.51. The zero-order valence-electron chi connectivity index (χ0n) is 54.5. The highest BCUT2D eigenvalue weighted by molar-refractivity contribution is 7.98. The van der Waals surface area contributed by atoms with E-state index >= 15 is 0 Å². The number of rotatable bonds is 42. The third-order valence-electron chi connectivity index (χ3n) is 16.0. The molecule has 4 rings (SSSR count). The zero-order chi connectivity index (χ0) is 70.1. The molecule has 0 unspecified atom stereocenters. The largest absolute Gasteiger partial charge is 0.370 e. The lowest BCUT2D eigenvalue weighted by Crippen LogP contribution is -2.60. The second kappa shape index (κ2) is 41.0. The molecular formula is C63H98N18O13S. The van der Waals surface area contributed by atoms with E-state index in [1.807, 2.05) is 20.1 Å². The summed E-state index contributed by atoms with van der Waals surface area (Å²) in [6.45, 7) is 3.86. The van der Waals surface area contributed by atoms with Gasteiger partial charge < -0.3 is 92.5 Å². The molecule has 2 aromatic carbocycles. The minimum absolute atomic E-state index is 0.0736. The van der Waals surface area contributed by atoms with Gasteiger partial charge in [0.2, 0.25) is 76.8 Å². The van der Waals surface area contributed by atoms with E-state index in [4.69, 9.17) is 40.1 Å². The minimum atomic E-state index is -1.64. The average Bonchev–Trinajstić information content (AvgIpc) is 1.74. The quantitative estimate of drug-likeness (QED) is 0.0173. The van der Waals surface area contributed by atoms with Crippen LogP contribution in [0.5, 0.6) is 0 Å². The number of likely N-dealkylation sites (tertiary alicyclic amines) is 2. The van der Waals surface area contributed by atoms with Gasteiger partial charge in [-0.15, -0.1) is 0 Å². The highest BCUT2D eigenvalue weighted by Gasteiger charge is 2.42. The van der Waals surface area contributed by atoms with Crippen molar-refractivity contribution in [2.45, 2.75) is 183 Å². The van der Waals surface area contributed by atoms with Gasteiger partial charge in [0.25, 0.3) is 0 Å². The summed E-state index contributed by atoms with van der Waals surface area (Å²) in [5, 5.41) is 21.1. The van der Waals surface area contributed by atoms with Crippen LogP contribution in [0.25, 0.3) is 0 Å². The molecule has 2 aliphatic rings. The van der Waals surface area contributed by atoms with Crippen LogP contribution in [-0.2, 0) is 75.2 Å². The number of guanidine groups is 1. The Hall–Kier alpha value is -8.91. The van der Waals surface area contributed by atoms with Crippen molar-refractivity contribution in [2.75, 3.05) is 44.7 Å². The molecule has 22 N–H and O–H groups in total. The van der Waals surface area contributed by atoms with Crippen LogP contribution in [0.4, 0.5) is 0 Å². The summed E-state index contributed by atoms with van der Waals surface area (Å²) >= 11 is 1.45. The van der Waals surface area contributed by atoms with Crippen molar-refractivity contribution in [1.29, 1.82) is 0 Å². The summed E-state index contributed by atoms with van der Waals surface area (Å²) in [7, 11) is 0. The van der Waals surface area contributed by atoms with E-state index < -0.39 is 169 Å². The molecular weight excluding hydrogens is 1250 g/mol. The Bertz CT molecular complexity index is 2960. The van der Waals surface area contributed by atoms with Crippen LogP contribution in [0.1, 0.15) is 121 Å². The lowest BCUT2D eigenvalue weighted by molar-refractivity contribution is -0.144. The van der Waals surface area contributed by atoms with E-state index in [1.54, 1.807) is 60.7 Å². The number of benzene rings is 2. The van der Waals surface area contributed by atoms with Crippen molar-refractivity contribution < 1.29 is 62.3 Å². The van der Waals surface area contributed by atoms with E-state index in [-0.39, 0.29) is 83.0 Å². The van der Waals surface area contributed by atoms with Crippen molar-refractivity contribution in [1.82, 2.24) is 52.3 Å². The molecule has 2 heterocycles. The van der Waals surface area contributed by atoms with Crippen LogP contribution < -0.4 is 82.7 Å². The molecule has 2 fully saturated rings. The Labute approximate surface area is 558 Å². The predicted octanol–water partition coefficient (Wildman–Crippen LogP) is -3.71. The number of primary amides is 3. The normalized spacial score (nSPS) is 16.8. The molecule has 0 saturated carbocycles. The Morgan fingerprint density at radius 1 is 0.537 bits per heavy atom. The molecule has 524 valence electrons. The van der Waals surface area contributed by atoms with E-state index in [1.165, 1.54) is 21.6 Å². The van der Waals surface area contributed by atoms with Crippen LogP contribution >= 0.6 is 11.8 Å². The maximum absolute atomic E-state index is 14.7. The highest BCUT2D eigenvalue weighted by Crippen LogP contribution is 2.24. The first kappa shape index (κ1) is 78.5. The van der Waals surface area contributed by atoms with Gasteiger partial charge in [0.15, 0.2) is 5.96 Å². The van der Waals surface area contributed by atoms with Gasteiger partial charge in [0, 0.05) is 45.3 Å². The lowest BCUT2D eigenvalue weighted by atomic mass is 10.0. The molecule has 31 nitrogen and oxygen atoms in total. The van der Waals surface area contributed by atoms with Gasteiger partial charge in [0.1, 0.15) is 54.4 Å². The lowest BCUT2D eigenvalue weighted by Gasteiger charge is -2.32. The fraction of sp³-hybridized carbons (Fsp3) is 0.587.